The fourth-order valence-electron chi connectivity index (χ4n) is 3.57. The number of hydrogen-bond acceptors (Lipinski definition) is 4. The molecule has 0 saturated heterocycles. The summed E-state index contributed by atoms with van der Waals surface area (Å²) >= 11 is 13.6. The quantitative estimate of drug-likeness (QED) is 0.547. The van der Waals surface area contributed by atoms with Crippen molar-refractivity contribution in [3.05, 3.63) is 56.8 Å². The Kier molecular flexibility index (Phi) is 5.85. The fourth-order valence-corrected chi connectivity index (χ4v) is 4.96. The lowest BCUT2D eigenvalue weighted by atomic mass is 10.1. The van der Waals surface area contributed by atoms with Crippen LogP contribution < -0.4 is 0 Å². The molecule has 0 spiro atoms. The third-order valence-corrected chi connectivity index (χ3v) is 6.68. The van der Waals surface area contributed by atoms with Gasteiger partial charge in [-0.2, -0.15) is 15.1 Å². The van der Waals surface area contributed by atoms with Crippen molar-refractivity contribution in [3.63, 3.8) is 0 Å². The fraction of sp³-hybridized carbons (Fsp3) is 0.273. The van der Waals surface area contributed by atoms with E-state index in [-0.39, 0.29) is 11.4 Å². The zero-order valence-corrected chi connectivity index (χ0v) is 19.9. The molecule has 9 heteroatoms. The van der Waals surface area contributed by atoms with Gasteiger partial charge in [-0.3, -0.25) is 10.2 Å². The summed E-state index contributed by atoms with van der Waals surface area (Å²) in [5, 5.41) is 16.8. The van der Waals surface area contributed by atoms with E-state index in [1.165, 1.54) is 16.8 Å². The highest BCUT2D eigenvalue weighted by atomic mass is 35.5. The molecule has 0 atom stereocenters. The van der Waals surface area contributed by atoms with E-state index < -0.39 is 5.91 Å². The van der Waals surface area contributed by atoms with Crippen molar-refractivity contribution >= 4 is 63.0 Å². The number of rotatable bonds is 4. The number of amides is 1. The van der Waals surface area contributed by atoms with Crippen LogP contribution in [0.3, 0.4) is 0 Å². The summed E-state index contributed by atoms with van der Waals surface area (Å²) in [6.07, 6.45) is 2.49. The number of aryl methyl sites for hydroxylation is 1. The normalized spacial score (nSPS) is 17.5. The number of amidine groups is 2. The van der Waals surface area contributed by atoms with Crippen molar-refractivity contribution in [3.8, 4) is 5.69 Å². The highest BCUT2D eigenvalue weighted by Gasteiger charge is 2.35. The first-order chi connectivity index (χ1) is 14.7. The highest BCUT2D eigenvalue weighted by molar-refractivity contribution is 8.26. The standard InChI is InChI=1S/C22H21Cl2N5OS/c1-11(2)7-19-27-29-20(25)16(21(30)26-22(29)31-19)9-14-8-12(3)28(13(14)4)15-5-6-17(23)18(24)10-15/h5-6,8-11,25H,7H2,1-4H3. The molecule has 4 rings (SSSR count). The number of aromatic nitrogens is 1. The van der Waals surface area contributed by atoms with E-state index in [0.29, 0.717) is 21.1 Å². The molecule has 1 aromatic carbocycles. The lowest BCUT2D eigenvalue weighted by Gasteiger charge is -2.20. The summed E-state index contributed by atoms with van der Waals surface area (Å²) in [5.74, 6) is 0.0459. The zero-order valence-electron chi connectivity index (χ0n) is 17.5. The van der Waals surface area contributed by atoms with E-state index in [1.54, 1.807) is 18.2 Å². The average molecular weight is 474 g/mol. The van der Waals surface area contributed by atoms with Gasteiger partial charge in [0.05, 0.1) is 15.6 Å². The Morgan fingerprint density at radius 3 is 2.61 bits per heavy atom. The number of halogens is 2. The molecule has 1 aromatic heterocycles. The minimum Gasteiger partial charge on any atom is -0.318 e. The van der Waals surface area contributed by atoms with Crippen molar-refractivity contribution in [2.45, 2.75) is 34.1 Å². The molecular weight excluding hydrogens is 453 g/mol. The lowest BCUT2D eigenvalue weighted by molar-refractivity contribution is -0.114. The molecule has 31 heavy (non-hydrogen) atoms. The van der Waals surface area contributed by atoms with Crippen LogP contribution in [0.15, 0.2) is 39.9 Å². The number of hydrogen-bond donors (Lipinski definition) is 1. The molecule has 6 nitrogen and oxygen atoms in total. The van der Waals surface area contributed by atoms with Gasteiger partial charge in [0.1, 0.15) is 5.04 Å². The third kappa shape index (κ3) is 4.10. The number of benzene rings is 1. The Bertz CT molecular complexity index is 1210. The number of fused-ring (bicyclic) bond motifs is 1. The maximum atomic E-state index is 12.7. The molecule has 2 aliphatic heterocycles. The molecule has 2 aliphatic rings. The van der Waals surface area contributed by atoms with Crippen LogP contribution in [0.1, 0.15) is 37.2 Å². The summed E-state index contributed by atoms with van der Waals surface area (Å²) in [5.41, 5.74) is 3.80. The van der Waals surface area contributed by atoms with Crippen LogP contribution in [0.4, 0.5) is 0 Å². The van der Waals surface area contributed by atoms with E-state index in [1.807, 2.05) is 30.5 Å². The van der Waals surface area contributed by atoms with Crippen molar-refractivity contribution in [1.29, 1.82) is 5.41 Å². The Labute approximate surface area is 195 Å². The molecule has 0 aliphatic carbocycles. The van der Waals surface area contributed by atoms with Crippen LogP contribution >= 0.6 is 35.0 Å². The Balaban J connectivity index is 1.71. The summed E-state index contributed by atoms with van der Waals surface area (Å²) in [6.45, 7) is 8.14. The van der Waals surface area contributed by atoms with E-state index in [9.17, 15) is 4.79 Å². The zero-order chi connectivity index (χ0) is 22.4. The minimum atomic E-state index is -0.427. The first-order valence-corrected chi connectivity index (χ1v) is 11.4. The first kappa shape index (κ1) is 21.9. The van der Waals surface area contributed by atoms with Gasteiger partial charge >= 0.3 is 0 Å². The third-order valence-electron chi connectivity index (χ3n) is 5.01. The highest BCUT2D eigenvalue weighted by Crippen LogP contribution is 2.32. The van der Waals surface area contributed by atoms with Crippen LogP contribution in [0, 0.1) is 25.2 Å². The smallest absolute Gasteiger partial charge is 0.283 e. The van der Waals surface area contributed by atoms with E-state index >= 15 is 0 Å². The van der Waals surface area contributed by atoms with Gasteiger partial charge in [0.15, 0.2) is 5.84 Å². The van der Waals surface area contributed by atoms with Gasteiger partial charge in [0, 0.05) is 23.5 Å². The van der Waals surface area contributed by atoms with Crippen molar-refractivity contribution in [2.75, 3.05) is 0 Å². The van der Waals surface area contributed by atoms with E-state index in [0.717, 1.165) is 34.1 Å². The molecule has 0 radical (unpaired) electrons. The van der Waals surface area contributed by atoms with Gasteiger partial charge in [0.2, 0.25) is 5.17 Å². The molecule has 1 N–H and O–H groups in total. The van der Waals surface area contributed by atoms with Gasteiger partial charge < -0.3 is 4.57 Å². The Hall–Kier alpha value is -2.35. The molecule has 0 bridgehead atoms. The van der Waals surface area contributed by atoms with Crippen LogP contribution in [0.25, 0.3) is 11.8 Å². The Morgan fingerprint density at radius 1 is 1.19 bits per heavy atom. The predicted octanol–water partition coefficient (Wildman–Crippen LogP) is 6.07. The Morgan fingerprint density at radius 2 is 1.94 bits per heavy atom. The minimum absolute atomic E-state index is 0.0422. The molecule has 0 saturated carbocycles. The second-order valence-electron chi connectivity index (χ2n) is 7.87. The molecule has 0 unspecified atom stereocenters. The van der Waals surface area contributed by atoms with Crippen molar-refractivity contribution in [2.24, 2.45) is 16.0 Å². The van der Waals surface area contributed by atoms with Gasteiger partial charge in [-0.1, -0.05) is 37.0 Å². The average Bonchev–Trinajstić information content (AvgIpc) is 3.20. The molecular formula is C22H21Cl2N5OS. The SMILES string of the molecule is Cc1cc(C=C2C(=N)N3N=C(CC(C)C)SC3=NC2=O)c(C)n1-c1ccc(Cl)c(Cl)c1. The number of nitrogens with zero attached hydrogens (tertiary/aromatic N) is 4. The molecule has 160 valence electrons. The largest absolute Gasteiger partial charge is 0.318 e. The molecule has 3 heterocycles. The summed E-state index contributed by atoms with van der Waals surface area (Å²) in [7, 11) is 0. The van der Waals surface area contributed by atoms with Crippen LogP contribution in [0.5, 0.6) is 0 Å². The van der Waals surface area contributed by atoms with E-state index in [4.69, 9.17) is 28.6 Å². The van der Waals surface area contributed by atoms with Gasteiger partial charge in [-0.05, 0) is 67.4 Å². The predicted molar refractivity (Wildman–Crippen MR) is 130 cm³/mol. The van der Waals surface area contributed by atoms with Gasteiger partial charge in [0.25, 0.3) is 5.91 Å². The molecule has 0 fully saturated rings. The molecule has 2 aromatic rings. The number of carbonyl (C=O) groups excluding carboxylic acids is 1. The molecule has 1 amide bonds. The van der Waals surface area contributed by atoms with Crippen molar-refractivity contribution in [1.82, 2.24) is 9.58 Å². The maximum Gasteiger partial charge on any atom is 0.283 e. The monoisotopic (exact) mass is 473 g/mol. The first-order valence-electron chi connectivity index (χ1n) is 9.79. The van der Waals surface area contributed by atoms with Gasteiger partial charge in [-0.15, -0.1) is 0 Å². The van der Waals surface area contributed by atoms with Crippen LogP contribution in [-0.2, 0) is 4.79 Å². The van der Waals surface area contributed by atoms with Crippen LogP contribution in [-0.4, -0.2) is 31.5 Å². The number of thioether (sulfide) groups is 1. The number of aliphatic imine (C=N–C) groups is 1. The summed E-state index contributed by atoms with van der Waals surface area (Å²) in [6, 6.07) is 7.42. The second-order valence-corrected chi connectivity index (χ2v) is 9.73. The summed E-state index contributed by atoms with van der Waals surface area (Å²) < 4.78 is 2.03. The number of carbonyl (C=O) groups is 1. The topological polar surface area (TPSA) is 73.8 Å². The van der Waals surface area contributed by atoms with Gasteiger partial charge in [-0.25, -0.2) is 0 Å². The van der Waals surface area contributed by atoms with E-state index in [2.05, 4.69) is 23.9 Å². The maximum absolute atomic E-state index is 12.7. The lowest BCUT2D eigenvalue weighted by Crippen LogP contribution is -2.35. The summed E-state index contributed by atoms with van der Waals surface area (Å²) in [4.78, 5) is 16.9. The van der Waals surface area contributed by atoms with Crippen molar-refractivity contribution < 1.29 is 4.79 Å². The number of nitrogens with one attached hydrogen (secondary N) is 1. The number of hydrazone groups is 1. The van der Waals surface area contributed by atoms with Crippen LogP contribution in [0.2, 0.25) is 10.0 Å². The second kappa shape index (κ2) is 8.30.